The van der Waals surface area contributed by atoms with Gasteiger partial charge in [-0.15, -0.1) is 0 Å². The highest BCUT2D eigenvalue weighted by Crippen LogP contribution is 2.43. The third kappa shape index (κ3) is 4.39. The maximum Gasteiger partial charge on any atom is 0.211 e. The SMILES string of the molecule is Cc1cc(-c2n[nH]c3ccc(OC(C)c4c(Cl)cncc4Cl)cc23)cnc1N1CC2(C1)CN(S(C)(=O)=O)C2. The molecule has 38 heavy (non-hydrogen) atoms. The van der Waals surface area contributed by atoms with Crippen LogP contribution in [0.2, 0.25) is 10.0 Å². The average molecular weight is 574 g/mol. The Hall–Kier alpha value is -2.92. The molecule has 3 aromatic heterocycles. The third-order valence-electron chi connectivity index (χ3n) is 7.31. The average Bonchev–Trinajstić information content (AvgIpc) is 3.20. The van der Waals surface area contributed by atoms with Gasteiger partial charge in [0.15, 0.2) is 0 Å². The van der Waals surface area contributed by atoms with E-state index >= 15 is 0 Å². The minimum Gasteiger partial charge on any atom is -0.486 e. The number of H-pyrrole nitrogens is 1. The normalized spacial score (nSPS) is 17.9. The number of aromatic nitrogens is 4. The van der Waals surface area contributed by atoms with E-state index in [4.69, 9.17) is 32.9 Å². The van der Waals surface area contributed by atoms with Crippen molar-refractivity contribution in [1.29, 1.82) is 0 Å². The lowest BCUT2D eigenvalue weighted by Gasteiger charge is -2.59. The third-order valence-corrected chi connectivity index (χ3v) is 9.11. The summed E-state index contributed by atoms with van der Waals surface area (Å²) in [6.45, 7) is 6.71. The fourth-order valence-electron chi connectivity index (χ4n) is 5.44. The van der Waals surface area contributed by atoms with E-state index < -0.39 is 10.0 Å². The van der Waals surface area contributed by atoms with Crippen LogP contribution >= 0.6 is 23.2 Å². The van der Waals surface area contributed by atoms with Crippen molar-refractivity contribution >= 4 is 49.9 Å². The Labute approximate surface area is 230 Å². The molecule has 1 unspecified atom stereocenters. The molecule has 2 saturated heterocycles. The van der Waals surface area contributed by atoms with Gasteiger partial charge in [-0.25, -0.2) is 17.7 Å². The molecule has 9 nitrogen and oxygen atoms in total. The minimum absolute atomic E-state index is 0.0481. The van der Waals surface area contributed by atoms with Crippen LogP contribution in [0, 0.1) is 12.3 Å². The number of fused-ring (bicyclic) bond motifs is 1. The number of pyridine rings is 2. The van der Waals surface area contributed by atoms with Crippen molar-refractivity contribution in [3.8, 4) is 17.0 Å². The van der Waals surface area contributed by atoms with Crippen LogP contribution in [0.3, 0.4) is 0 Å². The summed E-state index contributed by atoms with van der Waals surface area (Å²) in [5.41, 5.74) is 4.33. The molecule has 2 aliphatic heterocycles. The number of rotatable bonds is 6. The lowest BCUT2D eigenvalue weighted by atomic mass is 9.74. The second-order valence-electron chi connectivity index (χ2n) is 10.3. The van der Waals surface area contributed by atoms with Gasteiger partial charge < -0.3 is 9.64 Å². The maximum absolute atomic E-state index is 11.7. The highest BCUT2D eigenvalue weighted by molar-refractivity contribution is 7.88. The maximum atomic E-state index is 11.7. The summed E-state index contributed by atoms with van der Waals surface area (Å²) >= 11 is 12.6. The lowest BCUT2D eigenvalue weighted by Crippen LogP contribution is -2.73. The number of ether oxygens (including phenoxy) is 1. The first-order valence-electron chi connectivity index (χ1n) is 12.1. The molecule has 1 N–H and O–H groups in total. The van der Waals surface area contributed by atoms with E-state index in [1.807, 2.05) is 38.2 Å². The summed E-state index contributed by atoms with van der Waals surface area (Å²) in [5.74, 6) is 1.58. The van der Waals surface area contributed by atoms with Gasteiger partial charge in [-0.05, 0) is 43.7 Å². The number of aryl methyl sites for hydroxylation is 1. The first kappa shape index (κ1) is 25.4. The standard InChI is InChI=1S/C26H26Cl2N6O3S/c1-15-6-17(8-30-25(15)33-11-26(12-33)13-34(14-26)38(3,35)36)24-19-7-18(4-5-22(19)31-32-24)37-16(2)23-20(27)9-29-10-21(23)28/h4-10,16H,11-14H2,1-3H3,(H,31,32). The molecular formula is C26H26Cl2N6O3S. The number of aromatic amines is 1. The molecule has 2 fully saturated rings. The summed E-state index contributed by atoms with van der Waals surface area (Å²) < 4.78 is 31.2. The van der Waals surface area contributed by atoms with Gasteiger partial charge in [0.2, 0.25) is 10.0 Å². The Balaban J connectivity index is 1.21. The molecule has 198 valence electrons. The second kappa shape index (κ2) is 9.08. The van der Waals surface area contributed by atoms with Crippen molar-refractivity contribution < 1.29 is 13.2 Å². The highest BCUT2D eigenvalue weighted by Gasteiger charge is 2.54. The Morgan fingerprint density at radius 3 is 2.45 bits per heavy atom. The number of sulfonamides is 1. The van der Waals surface area contributed by atoms with E-state index in [0.29, 0.717) is 34.4 Å². The van der Waals surface area contributed by atoms with Crippen molar-refractivity contribution in [2.24, 2.45) is 5.41 Å². The minimum atomic E-state index is -3.11. The van der Waals surface area contributed by atoms with Crippen LogP contribution < -0.4 is 9.64 Å². The molecule has 0 bridgehead atoms. The molecule has 12 heteroatoms. The molecular weight excluding hydrogens is 547 g/mol. The van der Waals surface area contributed by atoms with Gasteiger partial charge in [-0.1, -0.05) is 23.2 Å². The van der Waals surface area contributed by atoms with Crippen molar-refractivity contribution in [2.75, 3.05) is 37.3 Å². The zero-order valence-electron chi connectivity index (χ0n) is 21.1. The first-order valence-corrected chi connectivity index (χ1v) is 14.7. The van der Waals surface area contributed by atoms with Gasteiger partial charge in [0.25, 0.3) is 0 Å². The topological polar surface area (TPSA) is 104 Å². The molecule has 6 rings (SSSR count). The zero-order chi connectivity index (χ0) is 26.8. The molecule has 2 aliphatic rings. The quantitative estimate of drug-likeness (QED) is 0.352. The molecule has 0 aliphatic carbocycles. The molecule has 0 saturated carbocycles. The Bertz CT molecular complexity index is 1640. The Kier molecular flexibility index (Phi) is 6.06. The van der Waals surface area contributed by atoms with E-state index in [1.165, 1.54) is 10.6 Å². The van der Waals surface area contributed by atoms with E-state index in [9.17, 15) is 8.42 Å². The zero-order valence-corrected chi connectivity index (χ0v) is 23.4. The summed E-state index contributed by atoms with van der Waals surface area (Å²) in [6, 6.07) is 7.83. The van der Waals surface area contributed by atoms with E-state index in [-0.39, 0.29) is 11.5 Å². The fraction of sp³-hybridized carbons (Fsp3) is 0.346. The number of hydrogen-bond acceptors (Lipinski definition) is 7. The number of benzene rings is 1. The number of halogens is 2. The predicted octanol–water partition coefficient (Wildman–Crippen LogP) is 4.86. The molecule has 4 aromatic rings. The van der Waals surface area contributed by atoms with Crippen molar-refractivity contribution in [3.63, 3.8) is 0 Å². The summed E-state index contributed by atoms with van der Waals surface area (Å²) in [6.07, 6.45) is 5.82. The second-order valence-corrected chi connectivity index (χ2v) is 13.1. The Morgan fingerprint density at radius 2 is 1.79 bits per heavy atom. The van der Waals surface area contributed by atoms with Crippen LogP contribution in [0.15, 0.2) is 42.9 Å². The Morgan fingerprint density at radius 1 is 1.08 bits per heavy atom. The molecule has 1 spiro atoms. The molecule has 1 aromatic carbocycles. The fourth-order valence-corrected chi connectivity index (χ4v) is 7.13. The van der Waals surface area contributed by atoms with Crippen LogP contribution in [0.1, 0.15) is 24.2 Å². The summed E-state index contributed by atoms with van der Waals surface area (Å²) in [7, 11) is -3.11. The van der Waals surface area contributed by atoms with Crippen LogP contribution in [0.25, 0.3) is 22.2 Å². The van der Waals surface area contributed by atoms with Crippen LogP contribution in [-0.2, 0) is 10.0 Å². The van der Waals surface area contributed by atoms with E-state index in [0.717, 1.165) is 46.6 Å². The van der Waals surface area contributed by atoms with Crippen molar-refractivity contribution in [2.45, 2.75) is 20.0 Å². The molecule has 0 radical (unpaired) electrons. The van der Waals surface area contributed by atoms with E-state index in [1.54, 1.807) is 12.4 Å². The largest absolute Gasteiger partial charge is 0.486 e. The smallest absolute Gasteiger partial charge is 0.211 e. The monoisotopic (exact) mass is 572 g/mol. The van der Waals surface area contributed by atoms with Gasteiger partial charge in [-0.2, -0.15) is 5.10 Å². The van der Waals surface area contributed by atoms with Gasteiger partial charge >= 0.3 is 0 Å². The van der Waals surface area contributed by atoms with E-state index in [2.05, 4.69) is 26.1 Å². The molecule has 0 amide bonds. The number of nitrogens with one attached hydrogen (secondary N) is 1. The van der Waals surface area contributed by atoms with Crippen LogP contribution in [0.4, 0.5) is 5.82 Å². The summed E-state index contributed by atoms with van der Waals surface area (Å²) in [4.78, 5) is 11.0. The van der Waals surface area contributed by atoms with Crippen LogP contribution in [0.5, 0.6) is 5.75 Å². The number of hydrogen-bond donors (Lipinski definition) is 1. The predicted molar refractivity (Wildman–Crippen MR) is 148 cm³/mol. The van der Waals surface area contributed by atoms with Gasteiger partial charge in [-0.3, -0.25) is 10.1 Å². The molecule has 1 atom stereocenters. The van der Waals surface area contributed by atoms with Gasteiger partial charge in [0, 0.05) is 66.7 Å². The number of nitrogens with zero attached hydrogens (tertiary/aromatic N) is 5. The lowest BCUT2D eigenvalue weighted by molar-refractivity contribution is 0.0394. The van der Waals surface area contributed by atoms with Gasteiger partial charge in [0.1, 0.15) is 23.4 Å². The number of anilines is 1. The van der Waals surface area contributed by atoms with Crippen LogP contribution in [-0.4, -0.2) is 65.3 Å². The summed E-state index contributed by atoms with van der Waals surface area (Å²) in [5, 5.41) is 9.46. The molecule has 5 heterocycles. The highest BCUT2D eigenvalue weighted by atomic mass is 35.5. The van der Waals surface area contributed by atoms with Crippen molar-refractivity contribution in [3.05, 3.63) is 64.0 Å². The van der Waals surface area contributed by atoms with Gasteiger partial charge in [0.05, 0.1) is 21.8 Å². The first-order chi connectivity index (χ1) is 18.0. The van der Waals surface area contributed by atoms with Crippen molar-refractivity contribution in [1.82, 2.24) is 24.5 Å².